The highest BCUT2D eigenvalue weighted by Crippen LogP contribution is 2.35. The van der Waals surface area contributed by atoms with E-state index in [1.54, 1.807) is 94.8 Å². The van der Waals surface area contributed by atoms with E-state index in [2.05, 4.69) is 37.2 Å². The molecule has 12 amide bonds. The van der Waals surface area contributed by atoms with E-state index in [-0.39, 0.29) is 86.8 Å². The smallest absolute Gasteiger partial charge is 0.408 e. The van der Waals surface area contributed by atoms with Crippen LogP contribution < -0.4 is 43.0 Å². The van der Waals surface area contributed by atoms with Gasteiger partial charge in [0.25, 0.3) is 11.8 Å². The second-order valence-electron chi connectivity index (χ2n) is 26.2. The highest BCUT2D eigenvalue weighted by Gasteiger charge is 2.45. The maximum absolute atomic E-state index is 14.9. The number of unbranched alkanes of at least 4 members (excludes halogenated alkanes) is 2. The van der Waals surface area contributed by atoms with E-state index in [1.807, 2.05) is 18.2 Å². The number of likely N-dealkylation sites (tertiary alicyclic amines) is 1. The number of amides is 12. The Morgan fingerprint density at radius 3 is 1.99 bits per heavy atom. The summed E-state index contributed by atoms with van der Waals surface area (Å²) < 4.78 is 17.7. The number of nitrogens with two attached hydrogens (primary N) is 1. The summed E-state index contributed by atoms with van der Waals surface area (Å²) in [5.74, 6) is -5.41. The molecule has 1 saturated carbocycles. The SMILES string of the molecule is COC(CC(=O)N1CCCC1C(OC)C(C)C(=O)NC(C)C(O)c1ccccc1)C(C1CCCCC1)N(C)C(=O)C(NC(=O)C(C)(C)NC(=O)OCc1ccc(NC(=O)C(CCCNC(N)=O)NC(=O)C(NC(=O)CCCCCN2C(=O)C=CC2=O)C(C)C)cc1)C(C)C. The van der Waals surface area contributed by atoms with Gasteiger partial charge < -0.3 is 72.1 Å². The Morgan fingerprint density at radius 1 is 0.734 bits per heavy atom. The minimum absolute atomic E-state index is 0.0261. The summed E-state index contributed by atoms with van der Waals surface area (Å²) in [6.07, 6.45) is 6.80. The van der Waals surface area contributed by atoms with Crippen molar-refractivity contribution in [3.05, 3.63) is 77.9 Å². The number of alkyl carbamates (subject to hydrolysis) is 1. The van der Waals surface area contributed by atoms with E-state index in [0.717, 1.165) is 37.0 Å². The quantitative estimate of drug-likeness (QED) is 0.0319. The third-order valence-corrected chi connectivity index (χ3v) is 18.0. The number of methoxy groups -OCH3 is 2. The number of nitrogens with one attached hydrogen (secondary N) is 7. The first-order valence-corrected chi connectivity index (χ1v) is 33.1. The molecule has 520 valence electrons. The maximum Gasteiger partial charge on any atom is 0.408 e. The van der Waals surface area contributed by atoms with Gasteiger partial charge in [-0.05, 0) is 113 Å². The Balaban J connectivity index is 1.16. The molecule has 10 N–H and O–H groups in total. The van der Waals surface area contributed by atoms with Crippen LogP contribution in [0.1, 0.15) is 163 Å². The van der Waals surface area contributed by atoms with Gasteiger partial charge in [-0.15, -0.1) is 0 Å². The van der Waals surface area contributed by atoms with Crippen molar-refractivity contribution in [3.63, 3.8) is 0 Å². The first-order valence-electron chi connectivity index (χ1n) is 33.1. The molecular formula is C68H103N11O15. The van der Waals surface area contributed by atoms with Crippen LogP contribution in [0.25, 0.3) is 0 Å². The summed E-state index contributed by atoms with van der Waals surface area (Å²) in [6.45, 7) is 14.1. The van der Waals surface area contributed by atoms with Gasteiger partial charge in [0.05, 0.1) is 48.8 Å². The van der Waals surface area contributed by atoms with Gasteiger partial charge in [-0.2, -0.15) is 0 Å². The minimum Gasteiger partial charge on any atom is -0.445 e. The number of imide groups is 1. The summed E-state index contributed by atoms with van der Waals surface area (Å²) >= 11 is 0. The molecule has 2 fully saturated rings. The first kappa shape index (κ1) is 76.7. The topological polar surface area (TPSA) is 356 Å². The third kappa shape index (κ3) is 22.6. The molecule has 0 spiro atoms. The lowest BCUT2D eigenvalue weighted by Crippen LogP contribution is -2.62. The Kier molecular flexibility index (Phi) is 30.4. The number of anilines is 1. The molecule has 3 aliphatic rings. The van der Waals surface area contributed by atoms with Crippen LogP contribution in [-0.4, -0.2) is 180 Å². The van der Waals surface area contributed by atoms with Crippen LogP contribution in [0, 0.1) is 23.7 Å². The van der Waals surface area contributed by atoms with Gasteiger partial charge in [0.2, 0.25) is 41.4 Å². The van der Waals surface area contributed by atoms with E-state index in [0.29, 0.717) is 55.5 Å². The fraction of sp³-hybridized carbons (Fsp3) is 0.632. The van der Waals surface area contributed by atoms with Crippen LogP contribution in [0.15, 0.2) is 66.7 Å². The second kappa shape index (κ2) is 37.2. The number of carbonyl (C=O) groups is 11. The van der Waals surface area contributed by atoms with Gasteiger partial charge in [0.15, 0.2) is 0 Å². The molecule has 1 saturated heterocycles. The monoisotopic (exact) mass is 1310 g/mol. The number of aliphatic hydroxyl groups is 1. The molecule has 94 heavy (non-hydrogen) atoms. The van der Waals surface area contributed by atoms with Crippen molar-refractivity contribution >= 4 is 71.0 Å². The Labute approximate surface area is 553 Å². The Bertz CT molecular complexity index is 2900. The molecule has 0 aromatic heterocycles. The molecule has 10 atom stereocenters. The zero-order chi connectivity index (χ0) is 69.4. The average molecular weight is 1310 g/mol. The van der Waals surface area contributed by atoms with Crippen molar-refractivity contribution in [3.8, 4) is 0 Å². The lowest BCUT2D eigenvalue weighted by atomic mass is 9.80. The van der Waals surface area contributed by atoms with Gasteiger partial charge in [0, 0.05) is 65.2 Å². The number of likely N-dealkylation sites (N-methyl/N-ethyl adjacent to an activating group) is 1. The summed E-state index contributed by atoms with van der Waals surface area (Å²) in [6, 6.07) is 9.89. The average Bonchev–Trinajstić information content (AvgIpc) is 1.23. The molecule has 2 heterocycles. The fourth-order valence-corrected chi connectivity index (χ4v) is 12.5. The normalized spacial score (nSPS) is 18.0. The van der Waals surface area contributed by atoms with Crippen LogP contribution >= 0.6 is 0 Å². The standard InChI is InChI=1S/C68H103N11O15/c1-41(2)56(74-52(80)29-19-14-20-37-79-53(81)34-35-54(79)82)63(87)73-49(27-21-36-70-66(69)90)62(86)72-48-32-30-45(31-33-48)40-94-67(91)76-68(7,8)65(89)75-57(42(3)4)64(88)77(9)58(46-23-15-12-16-24-46)51(92-10)39-55(83)78-38-22-28-50(78)60(93-11)43(5)61(85)71-44(6)59(84)47-25-17-13-18-26-47/h13,17-18,25-26,30-35,41-44,46,49-51,56-60,84H,12,14-16,19-24,27-29,36-40H2,1-11H3,(H,71,85)(H,72,86)(H,73,87)(H,74,80)(H,75,89)(H,76,91)(H3,69,70,90). The van der Waals surface area contributed by atoms with Crippen molar-refractivity contribution in [2.75, 3.05) is 46.2 Å². The summed E-state index contributed by atoms with van der Waals surface area (Å²) in [5.41, 5.74) is 5.17. The van der Waals surface area contributed by atoms with Gasteiger partial charge in [0.1, 0.15) is 30.3 Å². The number of aliphatic hydroxyl groups excluding tert-OH is 1. The first-order chi connectivity index (χ1) is 44.6. The summed E-state index contributed by atoms with van der Waals surface area (Å²) in [4.78, 5) is 151. The van der Waals surface area contributed by atoms with Crippen molar-refractivity contribution in [1.82, 2.24) is 46.6 Å². The molecule has 2 aromatic rings. The second-order valence-corrected chi connectivity index (χ2v) is 26.2. The third-order valence-electron chi connectivity index (χ3n) is 18.0. The van der Waals surface area contributed by atoms with E-state index in [9.17, 15) is 57.8 Å². The van der Waals surface area contributed by atoms with Crippen molar-refractivity contribution in [2.45, 2.75) is 212 Å². The van der Waals surface area contributed by atoms with Gasteiger partial charge in [-0.1, -0.05) is 103 Å². The van der Waals surface area contributed by atoms with E-state index < -0.39 is 108 Å². The zero-order valence-corrected chi connectivity index (χ0v) is 56.7. The number of carbonyl (C=O) groups excluding carboxylic acids is 11. The van der Waals surface area contributed by atoms with Crippen molar-refractivity contribution in [2.24, 2.45) is 29.4 Å². The molecule has 0 radical (unpaired) electrons. The van der Waals surface area contributed by atoms with E-state index in [4.69, 9.17) is 19.9 Å². The molecule has 1 aliphatic carbocycles. The molecule has 0 bridgehead atoms. The molecule has 26 heteroatoms. The molecule has 26 nitrogen and oxygen atoms in total. The van der Waals surface area contributed by atoms with Crippen LogP contribution in [0.2, 0.25) is 0 Å². The lowest BCUT2D eigenvalue weighted by Gasteiger charge is -2.43. The Hall–Kier alpha value is -7.97. The number of ether oxygens (including phenoxy) is 3. The zero-order valence-electron chi connectivity index (χ0n) is 56.7. The number of primary amides is 1. The highest BCUT2D eigenvalue weighted by molar-refractivity contribution is 6.12. The maximum atomic E-state index is 14.9. The number of nitrogens with zero attached hydrogens (tertiary/aromatic N) is 3. The van der Waals surface area contributed by atoms with Crippen LogP contribution in [0.4, 0.5) is 15.3 Å². The molecule has 10 unspecified atom stereocenters. The van der Waals surface area contributed by atoms with Crippen LogP contribution in [0.5, 0.6) is 0 Å². The fourth-order valence-electron chi connectivity index (χ4n) is 12.5. The van der Waals surface area contributed by atoms with Gasteiger partial charge in [-0.25, -0.2) is 9.59 Å². The van der Waals surface area contributed by atoms with Crippen molar-refractivity contribution in [1.29, 1.82) is 0 Å². The number of urea groups is 1. The van der Waals surface area contributed by atoms with Gasteiger partial charge in [-0.3, -0.25) is 48.1 Å². The summed E-state index contributed by atoms with van der Waals surface area (Å²) in [7, 11) is 4.73. The van der Waals surface area contributed by atoms with Crippen molar-refractivity contribution < 1.29 is 72.1 Å². The van der Waals surface area contributed by atoms with Crippen LogP contribution in [0.3, 0.4) is 0 Å². The van der Waals surface area contributed by atoms with Gasteiger partial charge >= 0.3 is 12.1 Å². The Morgan fingerprint density at radius 2 is 1.38 bits per heavy atom. The highest BCUT2D eigenvalue weighted by atomic mass is 16.5. The molecule has 2 aromatic carbocycles. The minimum atomic E-state index is -1.59. The molecule has 2 aliphatic heterocycles. The lowest BCUT2D eigenvalue weighted by molar-refractivity contribution is -0.148. The number of benzene rings is 2. The number of hydrogen-bond acceptors (Lipinski definition) is 15. The van der Waals surface area contributed by atoms with E-state index in [1.165, 1.54) is 40.2 Å². The van der Waals surface area contributed by atoms with E-state index >= 15 is 0 Å². The number of hydrogen-bond donors (Lipinski definition) is 9. The number of rotatable bonds is 36. The molecule has 5 rings (SSSR count). The predicted octanol–water partition coefficient (Wildman–Crippen LogP) is 5.02. The largest absolute Gasteiger partial charge is 0.445 e. The molecular weight excluding hydrogens is 1210 g/mol. The summed E-state index contributed by atoms with van der Waals surface area (Å²) in [5, 5.41) is 30.2. The van der Waals surface area contributed by atoms with Crippen LogP contribution in [-0.2, 0) is 64.0 Å². The predicted molar refractivity (Wildman–Crippen MR) is 351 cm³/mol.